The number of thiocarbonyl (C=S) groups is 1. The van der Waals surface area contributed by atoms with Gasteiger partial charge in [0.05, 0.1) is 11.3 Å². The summed E-state index contributed by atoms with van der Waals surface area (Å²) in [6.07, 6.45) is 1.94. The lowest BCUT2D eigenvalue weighted by Gasteiger charge is -2.11. The van der Waals surface area contributed by atoms with E-state index in [4.69, 9.17) is 18.0 Å². The highest BCUT2D eigenvalue weighted by Gasteiger charge is 2.13. The summed E-state index contributed by atoms with van der Waals surface area (Å²) < 4.78 is 0. The van der Waals surface area contributed by atoms with Crippen molar-refractivity contribution in [3.05, 3.63) is 59.7 Å². The van der Waals surface area contributed by atoms with Crippen molar-refractivity contribution in [2.24, 2.45) is 5.73 Å². The maximum Gasteiger partial charge on any atom is 0.256 e. The molecule has 0 unspecified atom stereocenters. The van der Waals surface area contributed by atoms with Gasteiger partial charge in [0.2, 0.25) is 0 Å². The molecule has 0 aromatic heterocycles. The Balaban J connectivity index is 2.31. The molecule has 0 atom stereocenters. The second-order valence-corrected chi connectivity index (χ2v) is 5.35. The number of nitrogens with one attached hydrogen (secondary N) is 1. The van der Waals surface area contributed by atoms with Gasteiger partial charge >= 0.3 is 0 Å². The lowest BCUT2D eigenvalue weighted by molar-refractivity contribution is 0.102. The number of carbonyl (C=O) groups excluding carboxylic acids is 1. The van der Waals surface area contributed by atoms with E-state index in [2.05, 4.69) is 5.32 Å². The van der Waals surface area contributed by atoms with Crippen LogP contribution in [-0.2, 0) is 0 Å². The zero-order valence-corrected chi connectivity index (χ0v) is 12.6. The Hall–Kier alpha value is -1.85. The maximum absolute atomic E-state index is 12.4. The van der Waals surface area contributed by atoms with E-state index in [1.165, 1.54) is 11.8 Å². The van der Waals surface area contributed by atoms with Gasteiger partial charge in [0.25, 0.3) is 5.91 Å². The van der Waals surface area contributed by atoms with Gasteiger partial charge in [-0.15, -0.1) is 11.8 Å². The second kappa shape index (κ2) is 6.54. The highest BCUT2D eigenvalue weighted by Crippen LogP contribution is 2.22. The number of nitrogens with two attached hydrogens (primary N) is 1. The third kappa shape index (κ3) is 3.18. The molecule has 0 saturated heterocycles. The highest BCUT2D eigenvalue weighted by atomic mass is 32.2. The van der Waals surface area contributed by atoms with Crippen LogP contribution >= 0.6 is 24.0 Å². The fourth-order valence-corrected chi connectivity index (χ4v) is 2.60. The van der Waals surface area contributed by atoms with Crippen molar-refractivity contribution >= 4 is 40.6 Å². The van der Waals surface area contributed by atoms with Crippen LogP contribution in [0.2, 0.25) is 0 Å². The molecule has 0 aliphatic rings. The number of benzene rings is 2. The molecule has 0 bridgehead atoms. The Morgan fingerprint density at radius 2 is 1.70 bits per heavy atom. The van der Waals surface area contributed by atoms with Crippen LogP contribution in [0.5, 0.6) is 0 Å². The Bertz CT molecular complexity index is 656. The molecule has 2 aromatic rings. The molecular formula is C15H14N2OS2. The third-order valence-corrected chi connectivity index (χ3v) is 3.81. The topological polar surface area (TPSA) is 55.1 Å². The number of hydrogen-bond acceptors (Lipinski definition) is 3. The van der Waals surface area contributed by atoms with E-state index in [-0.39, 0.29) is 10.9 Å². The molecule has 2 rings (SSSR count). The first-order valence-electron chi connectivity index (χ1n) is 5.96. The van der Waals surface area contributed by atoms with E-state index in [9.17, 15) is 4.79 Å². The molecule has 0 fully saturated rings. The largest absolute Gasteiger partial charge is 0.389 e. The number of anilines is 1. The van der Waals surface area contributed by atoms with Gasteiger partial charge in [0.15, 0.2) is 0 Å². The van der Waals surface area contributed by atoms with Gasteiger partial charge in [0, 0.05) is 10.5 Å². The molecule has 3 nitrogen and oxygen atoms in total. The molecule has 0 heterocycles. The fourth-order valence-electron chi connectivity index (χ4n) is 1.83. The Morgan fingerprint density at radius 1 is 1.10 bits per heavy atom. The molecule has 0 aliphatic carbocycles. The van der Waals surface area contributed by atoms with E-state index in [0.29, 0.717) is 16.8 Å². The van der Waals surface area contributed by atoms with Crippen LogP contribution in [0.25, 0.3) is 0 Å². The zero-order valence-electron chi connectivity index (χ0n) is 10.9. The molecule has 3 N–H and O–H groups in total. The Morgan fingerprint density at radius 3 is 2.35 bits per heavy atom. The van der Waals surface area contributed by atoms with Crippen LogP contribution in [0, 0.1) is 0 Å². The van der Waals surface area contributed by atoms with Gasteiger partial charge in [0.1, 0.15) is 4.99 Å². The smallest absolute Gasteiger partial charge is 0.256 e. The van der Waals surface area contributed by atoms with E-state index in [0.717, 1.165) is 4.90 Å². The quantitative estimate of drug-likeness (QED) is 0.672. The van der Waals surface area contributed by atoms with Crippen LogP contribution < -0.4 is 11.1 Å². The lowest BCUT2D eigenvalue weighted by atomic mass is 10.1. The van der Waals surface area contributed by atoms with Gasteiger partial charge in [-0.25, -0.2) is 0 Å². The van der Waals surface area contributed by atoms with Crippen LogP contribution in [0.1, 0.15) is 15.9 Å². The van der Waals surface area contributed by atoms with Crippen LogP contribution in [0.3, 0.4) is 0 Å². The zero-order chi connectivity index (χ0) is 14.5. The van der Waals surface area contributed by atoms with E-state index in [1.54, 1.807) is 18.2 Å². The maximum atomic E-state index is 12.4. The van der Waals surface area contributed by atoms with Crippen LogP contribution in [0.4, 0.5) is 5.69 Å². The summed E-state index contributed by atoms with van der Waals surface area (Å²) in [6, 6.07) is 14.7. The van der Waals surface area contributed by atoms with E-state index in [1.807, 2.05) is 36.6 Å². The lowest BCUT2D eigenvalue weighted by Crippen LogP contribution is -2.18. The third-order valence-electron chi connectivity index (χ3n) is 2.79. The van der Waals surface area contributed by atoms with E-state index < -0.39 is 0 Å². The molecular weight excluding hydrogens is 288 g/mol. The van der Waals surface area contributed by atoms with Gasteiger partial charge in [-0.05, 0) is 30.5 Å². The summed E-state index contributed by atoms with van der Waals surface area (Å²) in [7, 11) is 0. The van der Waals surface area contributed by atoms with Crippen molar-refractivity contribution in [1.29, 1.82) is 0 Å². The van der Waals surface area contributed by atoms with Gasteiger partial charge in [-0.2, -0.15) is 0 Å². The summed E-state index contributed by atoms with van der Waals surface area (Å²) in [5.41, 5.74) is 7.59. The molecule has 0 saturated carbocycles. The first-order valence-corrected chi connectivity index (χ1v) is 7.60. The summed E-state index contributed by atoms with van der Waals surface area (Å²) in [4.78, 5) is 13.6. The molecule has 0 aliphatic heterocycles. The number of rotatable bonds is 4. The SMILES string of the molecule is CSc1ccccc1C(=O)Nc1ccccc1C(N)=S. The predicted octanol–water partition coefficient (Wildman–Crippen LogP) is 3.30. The molecule has 1 amide bonds. The molecule has 0 radical (unpaired) electrons. The summed E-state index contributed by atoms with van der Waals surface area (Å²) in [5.74, 6) is -0.168. The van der Waals surface area contributed by atoms with Gasteiger partial charge in [-0.3, -0.25) is 4.79 Å². The van der Waals surface area contributed by atoms with Crippen molar-refractivity contribution in [3.63, 3.8) is 0 Å². The van der Waals surface area contributed by atoms with Crippen molar-refractivity contribution in [3.8, 4) is 0 Å². The van der Waals surface area contributed by atoms with Crippen molar-refractivity contribution in [1.82, 2.24) is 0 Å². The minimum atomic E-state index is -0.168. The fraction of sp³-hybridized carbons (Fsp3) is 0.0667. The highest BCUT2D eigenvalue weighted by molar-refractivity contribution is 7.98. The van der Waals surface area contributed by atoms with E-state index >= 15 is 0 Å². The number of amides is 1. The average Bonchev–Trinajstić information content (AvgIpc) is 2.47. The minimum absolute atomic E-state index is 0.168. The number of hydrogen-bond donors (Lipinski definition) is 2. The van der Waals surface area contributed by atoms with Crippen molar-refractivity contribution in [2.45, 2.75) is 4.90 Å². The van der Waals surface area contributed by atoms with Crippen molar-refractivity contribution in [2.75, 3.05) is 11.6 Å². The average molecular weight is 302 g/mol. The number of thioether (sulfide) groups is 1. The molecule has 5 heteroatoms. The molecule has 0 spiro atoms. The first-order chi connectivity index (χ1) is 9.63. The monoisotopic (exact) mass is 302 g/mol. The second-order valence-electron chi connectivity index (χ2n) is 4.06. The predicted molar refractivity (Wildman–Crippen MR) is 88.5 cm³/mol. The molecule has 102 valence electrons. The standard InChI is InChI=1S/C15H14N2OS2/c1-20-13-9-5-3-7-11(13)15(18)17-12-8-4-2-6-10(12)14(16)19/h2-9H,1H3,(H2,16,19)(H,17,18). The Kier molecular flexibility index (Phi) is 4.76. The summed E-state index contributed by atoms with van der Waals surface area (Å²) in [6.45, 7) is 0. The number of carbonyl (C=O) groups is 1. The summed E-state index contributed by atoms with van der Waals surface area (Å²) in [5, 5.41) is 2.86. The summed E-state index contributed by atoms with van der Waals surface area (Å²) >= 11 is 6.52. The van der Waals surface area contributed by atoms with Gasteiger partial charge < -0.3 is 11.1 Å². The van der Waals surface area contributed by atoms with Crippen LogP contribution in [0.15, 0.2) is 53.4 Å². The van der Waals surface area contributed by atoms with Crippen LogP contribution in [-0.4, -0.2) is 17.2 Å². The number of para-hydroxylation sites is 1. The minimum Gasteiger partial charge on any atom is -0.389 e. The molecule has 2 aromatic carbocycles. The first kappa shape index (κ1) is 14.6. The molecule has 20 heavy (non-hydrogen) atoms. The van der Waals surface area contributed by atoms with Crippen molar-refractivity contribution < 1.29 is 4.79 Å². The normalized spacial score (nSPS) is 10.1. The Labute approximate surface area is 127 Å². The van der Waals surface area contributed by atoms with Gasteiger partial charge in [-0.1, -0.05) is 36.5 Å².